The molecule has 90 valence electrons. The molecule has 0 spiro atoms. The molecular weight excluding hydrogens is 221 g/mol. The quantitative estimate of drug-likeness (QED) is 0.834. The first-order chi connectivity index (χ1) is 7.33. The molecule has 1 aromatic rings. The average Bonchev–Trinajstić information content (AvgIpc) is 2.17. The highest BCUT2D eigenvalue weighted by Gasteiger charge is 2.30. The summed E-state index contributed by atoms with van der Waals surface area (Å²) in [6.45, 7) is 0.746. The molecule has 0 aliphatic rings. The number of pyridine rings is 1. The largest absolute Gasteiger partial charge is 0.405 e. The van der Waals surface area contributed by atoms with Crippen LogP contribution >= 0.6 is 0 Å². The van der Waals surface area contributed by atoms with Crippen molar-refractivity contribution in [3.63, 3.8) is 0 Å². The summed E-state index contributed by atoms with van der Waals surface area (Å²) in [4.78, 5) is 4.89. The van der Waals surface area contributed by atoms with E-state index in [1.807, 2.05) is 0 Å². The van der Waals surface area contributed by atoms with Gasteiger partial charge in [0.15, 0.2) is 0 Å². The van der Waals surface area contributed by atoms with Gasteiger partial charge in [0.25, 0.3) is 0 Å². The SMILES string of the molecule is CCN(CC(F)(F)F)c1ccc(N)c(N)n1. The molecule has 4 N–H and O–H groups in total. The maximum absolute atomic E-state index is 12.2. The van der Waals surface area contributed by atoms with Gasteiger partial charge in [0.2, 0.25) is 0 Å². The molecule has 0 unspecified atom stereocenters. The minimum atomic E-state index is -4.27. The smallest absolute Gasteiger partial charge is 0.396 e. The molecule has 0 atom stereocenters. The minimum absolute atomic E-state index is 0.0399. The van der Waals surface area contributed by atoms with Crippen molar-refractivity contribution in [2.75, 3.05) is 29.5 Å². The lowest BCUT2D eigenvalue weighted by molar-refractivity contribution is -0.119. The van der Waals surface area contributed by atoms with Crippen molar-refractivity contribution in [3.05, 3.63) is 12.1 Å². The maximum atomic E-state index is 12.2. The first-order valence-corrected chi connectivity index (χ1v) is 4.67. The molecule has 0 saturated heterocycles. The standard InChI is InChI=1S/C9H13F3N4/c1-2-16(5-9(10,11)12)7-4-3-6(13)8(14)15-7/h3-4H,2,5,13H2,1H3,(H2,14,15). The molecule has 1 heterocycles. The fourth-order valence-corrected chi connectivity index (χ4v) is 1.22. The molecule has 0 saturated carbocycles. The van der Waals surface area contributed by atoms with Crippen molar-refractivity contribution < 1.29 is 13.2 Å². The number of hydrogen-bond donors (Lipinski definition) is 2. The van der Waals surface area contributed by atoms with E-state index in [1.54, 1.807) is 6.92 Å². The second kappa shape index (κ2) is 4.46. The number of hydrogen-bond acceptors (Lipinski definition) is 4. The topological polar surface area (TPSA) is 68.2 Å². The monoisotopic (exact) mass is 234 g/mol. The summed E-state index contributed by atoms with van der Waals surface area (Å²) in [6, 6.07) is 2.86. The molecule has 1 rings (SSSR count). The Balaban J connectivity index is 2.91. The third-order valence-electron chi connectivity index (χ3n) is 2.02. The number of rotatable bonds is 3. The number of halogens is 3. The Morgan fingerprint density at radius 2 is 1.94 bits per heavy atom. The van der Waals surface area contributed by atoms with Gasteiger partial charge in [-0.2, -0.15) is 13.2 Å². The Bertz CT molecular complexity index is 364. The maximum Gasteiger partial charge on any atom is 0.405 e. The van der Waals surface area contributed by atoms with E-state index in [0.29, 0.717) is 0 Å². The van der Waals surface area contributed by atoms with Crippen LogP contribution in [0, 0.1) is 0 Å². The molecule has 7 heteroatoms. The number of nitrogens with two attached hydrogens (primary N) is 2. The molecule has 16 heavy (non-hydrogen) atoms. The predicted octanol–water partition coefficient (Wildman–Crippen LogP) is 1.63. The zero-order valence-electron chi connectivity index (χ0n) is 8.75. The van der Waals surface area contributed by atoms with Crippen molar-refractivity contribution >= 4 is 17.3 Å². The van der Waals surface area contributed by atoms with Crippen LogP contribution in [0.2, 0.25) is 0 Å². The molecule has 1 aromatic heterocycles. The average molecular weight is 234 g/mol. The zero-order chi connectivity index (χ0) is 12.3. The lowest BCUT2D eigenvalue weighted by Crippen LogP contribution is -2.34. The van der Waals surface area contributed by atoms with Crippen LogP contribution in [0.4, 0.5) is 30.5 Å². The second-order valence-corrected chi connectivity index (χ2v) is 3.27. The fourth-order valence-electron chi connectivity index (χ4n) is 1.22. The number of nitrogens with zero attached hydrogens (tertiary/aromatic N) is 2. The molecule has 0 amide bonds. The molecule has 4 nitrogen and oxygen atoms in total. The van der Waals surface area contributed by atoms with Crippen molar-refractivity contribution in [1.29, 1.82) is 0 Å². The van der Waals surface area contributed by atoms with Crippen LogP contribution < -0.4 is 16.4 Å². The Morgan fingerprint density at radius 3 is 2.38 bits per heavy atom. The third kappa shape index (κ3) is 3.18. The van der Waals surface area contributed by atoms with Crippen LogP contribution in [0.3, 0.4) is 0 Å². The number of alkyl halides is 3. The molecule has 0 aliphatic carbocycles. The van der Waals surface area contributed by atoms with E-state index in [0.717, 1.165) is 4.90 Å². The first kappa shape index (κ1) is 12.4. The molecule has 0 bridgehead atoms. The summed E-state index contributed by atoms with van der Waals surface area (Å²) < 4.78 is 36.7. The van der Waals surface area contributed by atoms with Gasteiger partial charge in [-0.05, 0) is 19.1 Å². The van der Waals surface area contributed by atoms with E-state index < -0.39 is 12.7 Å². The molecular formula is C9H13F3N4. The van der Waals surface area contributed by atoms with E-state index in [2.05, 4.69) is 4.98 Å². The number of aromatic nitrogens is 1. The van der Waals surface area contributed by atoms with Gasteiger partial charge in [-0.15, -0.1) is 0 Å². The summed E-state index contributed by atoms with van der Waals surface area (Å²) in [7, 11) is 0. The number of anilines is 3. The molecule has 0 fully saturated rings. The van der Waals surface area contributed by atoms with Gasteiger partial charge in [-0.1, -0.05) is 0 Å². The van der Waals surface area contributed by atoms with Crippen LogP contribution in [0.5, 0.6) is 0 Å². The van der Waals surface area contributed by atoms with Crippen LogP contribution in [-0.2, 0) is 0 Å². The van der Waals surface area contributed by atoms with Gasteiger partial charge < -0.3 is 16.4 Å². The summed E-state index contributed by atoms with van der Waals surface area (Å²) >= 11 is 0. The van der Waals surface area contributed by atoms with Gasteiger partial charge >= 0.3 is 6.18 Å². The van der Waals surface area contributed by atoms with Crippen molar-refractivity contribution in [2.24, 2.45) is 0 Å². The van der Waals surface area contributed by atoms with E-state index in [9.17, 15) is 13.2 Å². The van der Waals surface area contributed by atoms with Crippen LogP contribution in [0.15, 0.2) is 12.1 Å². The van der Waals surface area contributed by atoms with Crippen LogP contribution in [0.25, 0.3) is 0 Å². The summed E-state index contributed by atoms with van der Waals surface area (Å²) in [5.74, 6) is 0.213. The number of nitrogen functional groups attached to an aromatic ring is 2. The van der Waals surface area contributed by atoms with E-state index in [1.165, 1.54) is 12.1 Å². The van der Waals surface area contributed by atoms with Crippen LogP contribution in [-0.4, -0.2) is 24.2 Å². The molecule has 0 aromatic carbocycles. The highest BCUT2D eigenvalue weighted by molar-refractivity contribution is 5.62. The highest BCUT2D eigenvalue weighted by Crippen LogP contribution is 2.22. The van der Waals surface area contributed by atoms with E-state index in [-0.39, 0.29) is 23.9 Å². The summed E-state index contributed by atoms with van der Waals surface area (Å²) in [5.41, 5.74) is 11.1. The Morgan fingerprint density at radius 1 is 1.31 bits per heavy atom. The van der Waals surface area contributed by atoms with Crippen LogP contribution in [0.1, 0.15) is 6.92 Å². The molecule has 0 radical (unpaired) electrons. The van der Waals surface area contributed by atoms with Gasteiger partial charge in [-0.3, -0.25) is 0 Å². The third-order valence-corrected chi connectivity index (χ3v) is 2.02. The van der Waals surface area contributed by atoms with Gasteiger partial charge in [0.1, 0.15) is 18.2 Å². The summed E-state index contributed by atoms with van der Waals surface area (Å²) in [5, 5.41) is 0. The Labute approximate surface area is 91.0 Å². The lowest BCUT2D eigenvalue weighted by atomic mass is 10.3. The van der Waals surface area contributed by atoms with E-state index >= 15 is 0 Å². The Kier molecular flexibility index (Phi) is 3.46. The van der Waals surface area contributed by atoms with Gasteiger partial charge in [0.05, 0.1) is 5.69 Å². The first-order valence-electron chi connectivity index (χ1n) is 4.67. The predicted molar refractivity (Wildman–Crippen MR) is 57.0 cm³/mol. The fraction of sp³-hybridized carbons (Fsp3) is 0.444. The van der Waals surface area contributed by atoms with Crippen molar-refractivity contribution in [2.45, 2.75) is 13.1 Å². The van der Waals surface area contributed by atoms with Crippen molar-refractivity contribution in [3.8, 4) is 0 Å². The zero-order valence-corrected chi connectivity index (χ0v) is 8.75. The van der Waals surface area contributed by atoms with E-state index in [4.69, 9.17) is 11.5 Å². The summed E-state index contributed by atoms with van der Waals surface area (Å²) in [6.07, 6.45) is -4.27. The van der Waals surface area contributed by atoms with Gasteiger partial charge in [0, 0.05) is 6.54 Å². The second-order valence-electron chi connectivity index (χ2n) is 3.27. The normalized spacial score (nSPS) is 11.5. The highest BCUT2D eigenvalue weighted by atomic mass is 19.4. The lowest BCUT2D eigenvalue weighted by Gasteiger charge is -2.23. The van der Waals surface area contributed by atoms with Crippen molar-refractivity contribution in [1.82, 2.24) is 4.98 Å². The molecule has 0 aliphatic heterocycles. The Hall–Kier alpha value is -1.66. The minimum Gasteiger partial charge on any atom is -0.396 e. The van der Waals surface area contributed by atoms with Gasteiger partial charge in [-0.25, -0.2) is 4.98 Å².